The number of nitrogens with zero attached hydrogens (tertiary/aromatic N) is 4. The number of hydrogen-bond donors (Lipinski definition) is 2. The van der Waals surface area contributed by atoms with Gasteiger partial charge in [0.15, 0.2) is 0 Å². The van der Waals surface area contributed by atoms with Crippen LogP contribution in [0.3, 0.4) is 0 Å². The summed E-state index contributed by atoms with van der Waals surface area (Å²) in [5.74, 6) is -2.11. The molecule has 4 heterocycles. The summed E-state index contributed by atoms with van der Waals surface area (Å²) in [6.45, 7) is 6.49. The predicted molar refractivity (Wildman–Crippen MR) is 142 cm³/mol. The lowest BCUT2D eigenvalue weighted by atomic mass is 9.98. The van der Waals surface area contributed by atoms with Crippen LogP contribution in [0.25, 0.3) is 16.7 Å². The molecule has 7 nitrogen and oxygen atoms in total. The van der Waals surface area contributed by atoms with Gasteiger partial charge >= 0.3 is 0 Å². The fraction of sp³-hybridized carbons (Fsp3) is 0.321. The Morgan fingerprint density at radius 3 is 2.57 bits per heavy atom. The van der Waals surface area contributed by atoms with E-state index in [1.165, 1.54) is 0 Å². The molecule has 0 atom stereocenters. The summed E-state index contributed by atoms with van der Waals surface area (Å²) >= 11 is 0. The molecular weight excluding hydrogens is 474 g/mol. The van der Waals surface area contributed by atoms with E-state index >= 15 is 0 Å². The molecule has 0 radical (unpaired) electrons. The fourth-order valence-electron chi connectivity index (χ4n) is 4.85. The lowest BCUT2D eigenvalue weighted by Gasteiger charge is -2.17. The van der Waals surface area contributed by atoms with Crippen LogP contribution in [0.1, 0.15) is 30.4 Å². The highest BCUT2D eigenvalue weighted by atomic mass is 19.3. The number of halogens is 2. The van der Waals surface area contributed by atoms with E-state index in [4.69, 9.17) is 5.73 Å². The van der Waals surface area contributed by atoms with Gasteiger partial charge in [-0.05, 0) is 54.3 Å². The topological polar surface area (TPSA) is 87.4 Å². The van der Waals surface area contributed by atoms with Gasteiger partial charge in [-0.2, -0.15) is 0 Å². The highest BCUT2D eigenvalue weighted by Gasteiger charge is 2.37. The van der Waals surface area contributed by atoms with Crippen molar-refractivity contribution in [2.75, 3.05) is 42.1 Å². The summed E-state index contributed by atoms with van der Waals surface area (Å²) in [5.41, 5.74) is 10.4. The molecule has 2 fully saturated rings. The zero-order chi connectivity index (χ0) is 26.0. The Kier molecular flexibility index (Phi) is 6.88. The predicted octanol–water partition coefficient (Wildman–Crippen LogP) is 4.82. The number of anilines is 3. The number of rotatable bonds is 7. The van der Waals surface area contributed by atoms with Crippen molar-refractivity contribution in [2.45, 2.75) is 31.7 Å². The van der Waals surface area contributed by atoms with Crippen LogP contribution in [0, 0.1) is 0 Å². The zero-order valence-corrected chi connectivity index (χ0v) is 20.6. The SMILES string of the molecule is C=C(C(=O)Nc1ccc(N2CCCC2)nc1)c1cc(-c2cncc(CN3CCC(F)(F)C3)c2)ccc1N. The van der Waals surface area contributed by atoms with Crippen LogP contribution in [-0.2, 0) is 11.3 Å². The molecule has 0 saturated carbocycles. The van der Waals surface area contributed by atoms with Crippen LogP contribution < -0.4 is 16.0 Å². The van der Waals surface area contributed by atoms with E-state index in [2.05, 4.69) is 26.8 Å². The third-order valence-electron chi connectivity index (χ3n) is 6.87. The van der Waals surface area contributed by atoms with Gasteiger partial charge in [0.05, 0.1) is 18.4 Å². The molecule has 2 aliphatic heterocycles. The van der Waals surface area contributed by atoms with Crippen LogP contribution in [0.2, 0.25) is 0 Å². The second-order valence-electron chi connectivity index (χ2n) is 9.73. The molecule has 2 saturated heterocycles. The number of nitrogens with two attached hydrogens (primary N) is 1. The van der Waals surface area contributed by atoms with Gasteiger partial charge < -0.3 is 16.0 Å². The average Bonchev–Trinajstić information content (AvgIpc) is 3.54. The minimum Gasteiger partial charge on any atom is -0.398 e. The number of nitrogens with one attached hydrogen (secondary N) is 1. The molecule has 9 heteroatoms. The molecule has 2 aliphatic rings. The Morgan fingerprint density at radius 1 is 1.05 bits per heavy atom. The first kappa shape index (κ1) is 24.8. The number of likely N-dealkylation sites (tertiary alicyclic amines) is 1. The van der Waals surface area contributed by atoms with E-state index < -0.39 is 5.92 Å². The van der Waals surface area contributed by atoms with Gasteiger partial charge in [0.2, 0.25) is 0 Å². The quantitative estimate of drug-likeness (QED) is 0.354. The smallest absolute Gasteiger partial charge is 0.261 e. The molecule has 3 aromatic rings. The van der Waals surface area contributed by atoms with E-state index in [1.807, 2.05) is 24.3 Å². The highest BCUT2D eigenvalue weighted by molar-refractivity contribution is 6.25. The normalized spacial score (nSPS) is 17.2. The van der Waals surface area contributed by atoms with Crippen molar-refractivity contribution in [3.05, 3.63) is 72.7 Å². The van der Waals surface area contributed by atoms with Crippen molar-refractivity contribution < 1.29 is 13.6 Å². The highest BCUT2D eigenvalue weighted by Crippen LogP contribution is 2.31. The number of hydrogen-bond acceptors (Lipinski definition) is 6. The lowest BCUT2D eigenvalue weighted by Crippen LogP contribution is -2.24. The first-order chi connectivity index (χ1) is 17.8. The Bertz CT molecular complexity index is 1300. The first-order valence-electron chi connectivity index (χ1n) is 12.4. The molecular formula is C28H30F2N6O. The lowest BCUT2D eigenvalue weighted by molar-refractivity contribution is -0.111. The molecule has 5 rings (SSSR count). The Morgan fingerprint density at radius 2 is 1.86 bits per heavy atom. The van der Waals surface area contributed by atoms with Crippen molar-refractivity contribution in [2.24, 2.45) is 0 Å². The standard InChI is InChI=1S/C28H30F2N6O/c1-19(27(37)34-23-5-7-26(33-16-23)36-9-2-3-10-36)24-13-21(4-6-25(24)31)22-12-20(14-32-15-22)17-35-11-8-28(29,30)18-35/h4-7,12-16H,1-3,8-11,17-18,31H2,(H,34,37). The van der Waals surface area contributed by atoms with Crippen LogP contribution in [0.4, 0.5) is 26.0 Å². The van der Waals surface area contributed by atoms with Gasteiger partial charge in [0, 0.05) is 67.4 Å². The number of carbonyl (C=O) groups excluding carboxylic acids is 1. The van der Waals surface area contributed by atoms with Gasteiger partial charge in [0.25, 0.3) is 11.8 Å². The summed E-state index contributed by atoms with van der Waals surface area (Å²) < 4.78 is 27.1. The van der Waals surface area contributed by atoms with E-state index in [-0.39, 0.29) is 24.4 Å². The fourth-order valence-corrected chi connectivity index (χ4v) is 4.85. The molecule has 3 N–H and O–H groups in total. The number of carbonyl (C=O) groups is 1. The number of benzene rings is 1. The number of nitrogen functional groups attached to an aromatic ring is 1. The zero-order valence-electron chi connectivity index (χ0n) is 20.6. The average molecular weight is 505 g/mol. The third kappa shape index (κ3) is 5.77. The summed E-state index contributed by atoms with van der Waals surface area (Å²) in [4.78, 5) is 25.7. The van der Waals surface area contributed by atoms with E-state index in [9.17, 15) is 13.6 Å². The molecule has 2 aromatic heterocycles. The first-order valence-corrected chi connectivity index (χ1v) is 12.4. The minimum absolute atomic E-state index is 0.121. The Hall–Kier alpha value is -3.85. The van der Waals surface area contributed by atoms with Gasteiger partial charge in [-0.15, -0.1) is 0 Å². The molecule has 192 valence electrons. The summed E-state index contributed by atoms with van der Waals surface area (Å²) in [5, 5.41) is 2.85. The van der Waals surface area contributed by atoms with Crippen molar-refractivity contribution in [3.63, 3.8) is 0 Å². The van der Waals surface area contributed by atoms with Crippen LogP contribution in [-0.4, -0.2) is 52.9 Å². The van der Waals surface area contributed by atoms with Crippen LogP contribution in [0.5, 0.6) is 0 Å². The van der Waals surface area contributed by atoms with Crippen LogP contribution >= 0.6 is 0 Å². The number of pyridine rings is 2. The molecule has 1 amide bonds. The number of alkyl halides is 2. The second-order valence-corrected chi connectivity index (χ2v) is 9.73. The number of amides is 1. The third-order valence-corrected chi connectivity index (χ3v) is 6.87. The summed E-state index contributed by atoms with van der Waals surface area (Å²) in [6.07, 6.45) is 7.24. The van der Waals surface area contributed by atoms with Crippen molar-refractivity contribution >= 4 is 28.7 Å². The minimum atomic E-state index is -2.64. The van der Waals surface area contributed by atoms with Gasteiger partial charge in [0.1, 0.15) is 5.82 Å². The molecule has 0 aliphatic carbocycles. The second kappa shape index (κ2) is 10.3. The maximum atomic E-state index is 13.6. The van der Waals surface area contributed by atoms with Gasteiger partial charge in [-0.1, -0.05) is 12.6 Å². The largest absolute Gasteiger partial charge is 0.398 e. The molecule has 0 bridgehead atoms. The molecule has 37 heavy (non-hydrogen) atoms. The molecule has 0 spiro atoms. The van der Waals surface area contributed by atoms with Crippen LogP contribution in [0.15, 0.2) is 61.6 Å². The van der Waals surface area contributed by atoms with E-state index in [1.54, 1.807) is 35.6 Å². The van der Waals surface area contributed by atoms with E-state index in [0.29, 0.717) is 30.0 Å². The van der Waals surface area contributed by atoms with Crippen molar-refractivity contribution in [1.82, 2.24) is 14.9 Å². The Balaban J connectivity index is 1.29. The van der Waals surface area contributed by atoms with Gasteiger partial charge in [-0.3, -0.25) is 14.7 Å². The monoisotopic (exact) mass is 504 g/mol. The Labute approximate surface area is 215 Å². The van der Waals surface area contributed by atoms with E-state index in [0.717, 1.165) is 48.4 Å². The maximum Gasteiger partial charge on any atom is 0.261 e. The summed E-state index contributed by atoms with van der Waals surface area (Å²) in [6, 6.07) is 11.0. The number of aromatic nitrogens is 2. The van der Waals surface area contributed by atoms with Crippen molar-refractivity contribution in [3.8, 4) is 11.1 Å². The molecule has 0 unspecified atom stereocenters. The molecule has 1 aromatic carbocycles. The maximum absolute atomic E-state index is 13.6. The van der Waals surface area contributed by atoms with Crippen molar-refractivity contribution in [1.29, 1.82) is 0 Å². The van der Waals surface area contributed by atoms with Gasteiger partial charge in [-0.25, -0.2) is 13.8 Å². The summed E-state index contributed by atoms with van der Waals surface area (Å²) in [7, 11) is 0.